The molecule has 0 amide bonds. The molecule has 3 aliphatic heterocycles. The van der Waals surface area contributed by atoms with Crippen LogP contribution in [0.5, 0.6) is 6.01 Å². The molecule has 3 atom stereocenters. The topological polar surface area (TPSA) is 71.8 Å². The van der Waals surface area contributed by atoms with Crippen molar-refractivity contribution >= 4 is 22.3 Å². The number of likely N-dealkylation sites (tertiary alicyclic amines) is 1. The van der Waals surface area contributed by atoms with Crippen LogP contribution in [0.2, 0.25) is 0 Å². The van der Waals surface area contributed by atoms with Crippen molar-refractivity contribution in [2.45, 2.75) is 70.5 Å². The Kier molecular flexibility index (Phi) is 8.56. The van der Waals surface area contributed by atoms with E-state index in [1.165, 1.54) is 67.2 Å². The van der Waals surface area contributed by atoms with Gasteiger partial charge in [-0.15, -0.1) is 0 Å². The first-order chi connectivity index (χ1) is 21.7. The van der Waals surface area contributed by atoms with Gasteiger partial charge in [-0.3, -0.25) is 0 Å². The van der Waals surface area contributed by atoms with E-state index in [1.54, 1.807) is 0 Å². The number of nitriles is 1. The van der Waals surface area contributed by atoms with E-state index in [1.807, 2.05) is 6.92 Å². The van der Waals surface area contributed by atoms with Crippen LogP contribution in [0.1, 0.15) is 56.7 Å². The normalized spacial score (nSPS) is 24.3. The summed E-state index contributed by atoms with van der Waals surface area (Å²) in [6, 6.07) is 19.0. The molecule has 2 aromatic carbocycles. The molecule has 8 heteroatoms. The van der Waals surface area contributed by atoms with Gasteiger partial charge in [-0.05, 0) is 82.1 Å². The Morgan fingerprint density at radius 3 is 2.70 bits per heavy atom. The highest BCUT2D eigenvalue weighted by Gasteiger charge is 2.33. The molecule has 4 heterocycles. The van der Waals surface area contributed by atoms with Crippen molar-refractivity contribution in [3.8, 4) is 12.1 Å². The van der Waals surface area contributed by atoms with Crippen molar-refractivity contribution in [2.75, 3.05) is 55.7 Å². The molecule has 1 aromatic heterocycles. The fourth-order valence-corrected chi connectivity index (χ4v) is 7.97. The molecule has 1 saturated carbocycles. The molecule has 0 radical (unpaired) electrons. The van der Waals surface area contributed by atoms with Gasteiger partial charge < -0.3 is 24.3 Å². The van der Waals surface area contributed by atoms with Gasteiger partial charge in [0.05, 0.1) is 37.4 Å². The van der Waals surface area contributed by atoms with E-state index >= 15 is 0 Å². The number of anilines is 2. The molecule has 1 aliphatic carbocycles. The van der Waals surface area contributed by atoms with E-state index in [0.717, 1.165) is 50.7 Å². The Morgan fingerprint density at radius 2 is 1.84 bits per heavy atom. The lowest BCUT2D eigenvalue weighted by Gasteiger charge is -2.42. The van der Waals surface area contributed by atoms with E-state index in [0.29, 0.717) is 31.0 Å². The summed E-state index contributed by atoms with van der Waals surface area (Å²) >= 11 is 0. The zero-order valence-corrected chi connectivity index (χ0v) is 26.1. The Labute approximate surface area is 261 Å². The zero-order chi connectivity index (χ0) is 29.9. The number of ether oxygens (including phenoxy) is 1. The Hall–Kier alpha value is -3.83. The summed E-state index contributed by atoms with van der Waals surface area (Å²) in [6.07, 6.45) is 12.0. The van der Waals surface area contributed by atoms with Crippen molar-refractivity contribution in [3.05, 3.63) is 66.0 Å². The number of allylic oxidation sites excluding steroid dienone is 1. The van der Waals surface area contributed by atoms with Crippen LogP contribution in [0.4, 0.5) is 11.5 Å². The second-order valence-electron chi connectivity index (χ2n) is 13.0. The number of nitrogens with zero attached hydrogens (tertiary/aromatic N) is 7. The monoisotopic (exact) mass is 591 g/mol. The van der Waals surface area contributed by atoms with Crippen molar-refractivity contribution in [1.82, 2.24) is 19.8 Å². The summed E-state index contributed by atoms with van der Waals surface area (Å²) in [5, 5.41) is 12.1. The van der Waals surface area contributed by atoms with Gasteiger partial charge in [-0.1, -0.05) is 42.5 Å². The number of fused-ring (bicyclic) bond motifs is 2. The van der Waals surface area contributed by atoms with Gasteiger partial charge in [0, 0.05) is 48.9 Å². The Morgan fingerprint density at radius 1 is 0.977 bits per heavy atom. The first kappa shape index (κ1) is 28.9. The van der Waals surface area contributed by atoms with Crippen LogP contribution >= 0.6 is 0 Å². The van der Waals surface area contributed by atoms with E-state index < -0.39 is 0 Å². The fourth-order valence-electron chi connectivity index (χ4n) is 7.97. The first-order valence-corrected chi connectivity index (χ1v) is 16.7. The highest BCUT2D eigenvalue weighted by molar-refractivity contribution is 5.94. The van der Waals surface area contributed by atoms with Gasteiger partial charge in [-0.25, -0.2) is 0 Å². The van der Waals surface area contributed by atoms with Gasteiger partial charge in [0.1, 0.15) is 5.82 Å². The summed E-state index contributed by atoms with van der Waals surface area (Å²) in [7, 11) is 0. The minimum absolute atomic E-state index is 0.136. The SMILES string of the molecule is CC=CN1CCN(c2nc(OCC3CCC(N4CCCC4)C3)nc3c2CCN(c2cccc4ccccc24)C3)CC1CC#N. The van der Waals surface area contributed by atoms with Crippen molar-refractivity contribution in [3.63, 3.8) is 0 Å². The van der Waals surface area contributed by atoms with Crippen molar-refractivity contribution < 1.29 is 4.74 Å². The number of rotatable bonds is 8. The maximum atomic E-state index is 9.60. The van der Waals surface area contributed by atoms with Crippen molar-refractivity contribution in [2.24, 2.45) is 5.92 Å². The fraction of sp³-hybridized carbons (Fsp3) is 0.528. The van der Waals surface area contributed by atoms with Gasteiger partial charge >= 0.3 is 6.01 Å². The summed E-state index contributed by atoms with van der Waals surface area (Å²) in [4.78, 5) is 20.1. The molecule has 0 bridgehead atoms. The van der Waals surface area contributed by atoms with Crippen LogP contribution in [-0.2, 0) is 13.0 Å². The first-order valence-electron chi connectivity index (χ1n) is 16.7. The molecule has 7 rings (SSSR count). The van der Waals surface area contributed by atoms with E-state index in [4.69, 9.17) is 14.7 Å². The third-order valence-electron chi connectivity index (χ3n) is 10.2. The van der Waals surface area contributed by atoms with E-state index in [9.17, 15) is 5.26 Å². The third-order valence-corrected chi connectivity index (χ3v) is 10.2. The second-order valence-corrected chi connectivity index (χ2v) is 13.0. The molecular formula is C36H45N7O. The quantitative estimate of drug-likeness (QED) is 0.327. The van der Waals surface area contributed by atoms with Crippen LogP contribution in [0.15, 0.2) is 54.7 Å². The molecule has 8 nitrogen and oxygen atoms in total. The Bertz CT molecular complexity index is 1520. The summed E-state index contributed by atoms with van der Waals surface area (Å²) in [6.45, 7) is 9.40. The molecule has 0 spiro atoms. The van der Waals surface area contributed by atoms with Gasteiger partial charge in [-0.2, -0.15) is 15.2 Å². The number of benzene rings is 2. The van der Waals surface area contributed by atoms with Gasteiger partial charge in [0.25, 0.3) is 0 Å². The van der Waals surface area contributed by atoms with Crippen molar-refractivity contribution in [1.29, 1.82) is 5.26 Å². The Balaban J connectivity index is 1.16. The third kappa shape index (κ3) is 5.95. The molecular weight excluding hydrogens is 546 g/mol. The lowest BCUT2D eigenvalue weighted by atomic mass is 10.0. The largest absolute Gasteiger partial charge is 0.463 e. The van der Waals surface area contributed by atoms with Crippen LogP contribution in [0, 0.1) is 17.2 Å². The number of aromatic nitrogens is 2. The predicted molar refractivity (Wildman–Crippen MR) is 176 cm³/mol. The molecule has 3 aromatic rings. The molecule has 2 saturated heterocycles. The molecule has 44 heavy (non-hydrogen) atoms. The van der Waals surface area contributed by atoms with E-state index in [-0.39, 0.29) is 6.04 Å². The molecule has 0 N–H and O–H groups in total. The average Bonchev–Trinajstić information content (AvgIpc) is 3.77. The number of piperazine rings is 1. The molecule has 3 unspecified atom stereocenters. The van der Waals surface area contributed by atoms with E-state index in [2.05, 4.69) is 80.4 Å². The predicted octanol–water partition coefficient (Wildman–Crippen LogP) is 5.77. The summed E-state index contributed by atoms with van der Waals surface area (Å²) < 4.78 is 6.48. The lowest BCUT2D eigenvalue weighted by molar-refractivity contribution is 0.207. The molecule has 230 valence electrons. The maximum absolute atomic E-state index is 9.60. The minimum Gasteiger partial charge on any atom is -0.463 e. The minimum atomic E-state index is 0.136. The van der Waals surface area contributed by atoms with Crippen LogP contribution in [-0.4, -0.2) is 77.7 Å². The maximum Gasteiger partial charge on any atom is 0.318 e. The van der Waals surface area contributed by atoms with Crippen LogP contribution in [0.25, 0.3) is 10.8 Å². The van der Waals surface area contributed by atoms with Crippen LogP contribution < -0.4 is 14.5 Å². The molecule has 4 aliphatic rings. The lowest BCUT2D eigenvalue weighted by Crippen LogP contribution is -2.51. The second kappa shape index (κ2) is 13.0. The summed E-state index contributed by atoms with van der Waals surface area (Å²) in [5.41, 5.74) is 3.56. The number of hydrogen-bond acceptors (Lipinski definition) is 8. The highest BCUT2D eigenvalue weighted by atomic mass is 16.5. The number of hydrogen-bond donors (Lipinski definition) is 0. The van der Waals surface area contributed by atoms with Gasteiger partial charge in [0.2, 0.25) is 0 Å². The average molecular weight is 592 g/mol. The highest BCUT2D eigenvalue weighted by Crippen LogP contribution is 2.36. The van der Waals surface area contributed by atoms with Crippen LogP contribution in [0.3, 0.4) is 0 Å². The standard InChI is InChI=1S/C36H45N7O/c1-2-17-40-21-22-43(24-30(40)14-16-37)35-32-15-20-42(34-11-7-9-28-8-3-4-10-31(28)34)25-33(32)38-36(39-35)44-26-27-12-13-29(23-27)41-18-5-6-19-41/h2-4,7-11,17,27,29-30H,5-6,12-15,18-26H2,1H3. The molecule has 3 fully saturated rings. The smallest absolute Gasteiger partial charge is 0.318 e. The zero-order valence-electron chi connectivity index (χ0n) is 26.1. The summed E-state index contributed by atoms with van der Waals surface area (Å²) in [5.74, 6) is 1.56. The van der Waals surface area contributed by atoms with Gasteiger partial charge in [0.15, 0.2) is 0 Å².